The van der Waals surface area contributed by atoms with E-state index in [1.807, 2.05) is 0 Å². The van der Waals surface area contributed by atoms with Gasteiger partial charge in [-0.15, -0.1) is 0 Å². The molecule has 18 heavy (non-hydrogen) atoms. The maximum atomic E-state index is 11.9. The molecule has 2 rings (SSSR count). The van der Waals surface area contributed by atoms with Gasteiger partial charge in [0.1, 0.15) is 0 Å². The van der Waals surface area contributed by atoms with Gasteiger partial charge < -0.3 is 10.3 Å². The van der Waals surface area contributed by atoms with Crippen molar-refractivity contribution < 1.29 is 4.79 Å². The molecule has 2 aromatic rings. The highest BCUT2D eigenvalue weighted by Gasteiger charge is 2.08. The first-order valence-electron chi connectivity index (χ1n) is 5.01. The minimum atomic E-state index is -0.341. The Labute approximate surface area is 116 Å². The summed E-state index contributed by atoms with van der Waals surface area (Å²) in [6.45, 7) is 0. The predicted octanol–water partition coefficient (Wildman–Crippen LogP) is 3.04. The third kappa shape index (κ3) is 3.00. The summed E-state index contributed by atoms with van der Waals surface area (Å²) in [4.78, 5) is 25.2. The van der Waals surface area contributed by atoms with Gasteiger partial charge in [0.15, 0.2) is 0 Å². The Bertz CT molecular complexity index is 634. The van der Waals surface area contributed by atoms with Crippen LogP contribution in [0.2, 0.25) is 5.02 Å². The number of rotatable bonds is 2. The van der Waals surface area contributed by atoms with Crippen molar-refractivity contribution in [3.05, 3.63) is 61.9 Å². The molecule has 92 valence electrons. The van der Waals surface area contributed by atoms with E-state index in [1.165, 1.54) is 18.3 Å². The van der Waals surface area contributed by atoms with E-state index in [4.69, 9.17) is 11.6 Å². The van der Waals surface area contributed by atoms with Crippen molar-refractivity contribution in [1.82, 2.24) is 4.98 Å². The maximum Gasteiger partial charge on any atom is 0.257 e. The second kappa shape index (κ2) is 5.37. The molecule has 0 aliphatic rings. The monoisotopic (exact) mass is 326 g/mol. The van der Waals surface area contributed by atoms with Crippen molar-refractivity contribution in [1.29, 1.82) is 0 Å². The summed E-state index contributed by atoms with van der Waals surface area (Å²) >= 11 is 9.25. The van der Waals surface area contributed by atoms with Crippen LogP contribution in [-0.4, -0.2) is 10.9 Å². The average molecular weight is 328 g/mol. The summed E-state index contributed by atoms with van der Waals surface area (Å²) in [6.07, 6.45) is 1.35. The number of pyridine rings is 1. The van der Waals surface area contributed by atoms with Crippen LogP contribution >= 0.6 is 27.5 Å². The molecule has 2 N–H and O–H groups in total. The van der Waals surface area contributed by atoms with E-state index < -0.39 is 0 Å². The molecular formula is C12H8BrClN2O2. The molecule has 1 aromatic carbocycles. The predicted molar refractivity (Wildman–Crippen MR) is 74.2 cm³/mol. The van der Waals surface area contributed by atoms with Crippen molar-refractivity contribution >= 4 is 39.1 Å². The molecule has 0 saturated carbocycles. The minimum Gasteiger partial charge on any atom is -0.328 e. The van der Waals surface area contributed by atoms with Crippen molar-refractivity contribution in [3.8, 4) is 0 Å². The van der Waals surface area contributed by atoms with Gasteiger partial charge in [-0.2, -0.15) is 0 Å². The number of anilines is 1. The number of aromatic amines is 1. The van der Waals surface area contributed by atoms with Gasteiger partial charge in [-0.3, -0.25) is 9.59 Å². The van der Waals surface area contributed by atoms with Crippen LogP contribution in [0, 0.1) is 0 Å². The number of halogens is 2. The zero-order valence-electron chi connectivity index (χ0n) is 9.04. The van der Waals surface area contributed by atoms with Crippen molar-refractivity contribution in [2.24, 2.45) is 0 Å². The van der Waals surface area contributed by atoms with Gasteiger partial charge in [0.25, 0.3) is 5.91 Å². The van der Waals surface area contributed by atoms with Crippen molar-refractivity contribution in [2.75, 3.05) is 5.32 Å². The third-order valence-corrected chi connectivity index (χ3v) is 3.05. The molecule has 0 bridgehead atoms. The standard InChI is InChI=1S/C12H8BrClN2O2/c13-8-2-3-9(14)10(5-8)16-12(18)7-1-4-11(17)15-6-7/h1-6H,(H,15,17)(H,16,18). The number of carbonyl (C=O) groups excluding carboxylic acids is 1. The number of hydrogen-bond donors (Lipinski definition) is 2. The molecule has 0 atom stereocenters. The summed E-state index contributed by atoms with van der Waals surface area (Å²) in [5.41, 5.74) is 0.597. The third-order valence-electron chi connectivity index (χ3n) is 2.22. The number of aromatic nitrogens is 1. The molecule has 1 aromatic heterocycles. The van der Waals surface area contributed by atoms with Gasteiger partial charge in [0.2, 0.25) is 5.56 Å². The quantitative estimate of drug-likeness (QED) is 0.890. The molecule has 0 spiro atoms. The van der Waals surface area contributed by atoms with E-state index in [0.717, 1.165) is 4.47 Å². The van der Waals surface area contributed by atoms with Crippen LogP contribution < -0.4 is 10.9 Å². The van der Waals surface area contributed by atoms with Crippen LogP contribution in [-0.2, 0) is 0 Å². The summed E-state index contributed by atoms with van der Waals surface area (Å²) in [6, 6.07) is 7.88. The summed E-state index contributed by atoms with van der Waals surface area (Å²) in [5.74, 6) is -0.341. The number of benzene rings is 1. The second-order valence-corrected chi connectivity index (χ2v) is 4.84. The highest BCUT2D eigenvalue weighted by atomic mass is 79.9. The van der Waals surface area contributed by atoms with Crippen LogP contribution in [0.4, 0.5) is 5.69 Å². The lowest BCUT2D eigenvalue weighted by atomic mass is 10.2. The van der Waals surface area contributed by atoms with E-state index in [-0.39, 0.29) is 11.5 Å². The number of amides is 1. The smallest absolute Gasteiger partial charge is 0.257 e. The Morgan fingerprint density at radius 1 is 1.28 bits per heavy atom. The molecule has 0 unspecified atom stereocenters. The van der Waals surface area contributed by atoms with Crippen LogP contribution in [0.25, 0.3) is 0 Å². The van der Waals surface area contributed by atoms with Gasteiger partial charge in [-0.05, 0) is 24.3 Å². The Morgan fingerprint density at radius 2 is 2.06 bits per heavy atom. The highest BCUT2D eigenvalue weighted by molar-refractivity contribution is 9.10. The molecule has 1 amide bonds. The van der Waals surface area contributed by atoms with Gasteiger partial charge in [0.05, 0.1) is 16.3 Å². The van der Waals surface area contributed by atoms with Crippen molar-refractivity contribution in [3.63, 3.8) is 0 Å². The SMILES string of the molecule is O=C(Nc1cc(Br)ccc1Cl)c1ccc(=O)[nH]c1. The Morgan fingerprint density at radius 3 is 2.72 bits per heavy atom. The first-order chi connectivity index (χ1) is 8.56. The number of hydrogen-bond acceptors (Lipinski definition) is 2. The lowest BCUT2D eigenvalue weighted by molar-refractivity contribution is 0.102. The van der Waals surface area contributed by atoms with E-state index in [0.29, 0.717) is 16.3 Å². The van der Waals surface area contributed by atoms with Crippen molar-refractivity contribution in [2.45, 2.75) is 0 Å². The van der Waals surface area contributed by atoms with Crippen LogP contribution in [0.15, 0.2) is 45.8 Å². The molecule has 0 saturated heterocycles. The molecule has 0 aliphatic carbocycles. The van der Waals surface area contributed by atoms with Gasteiger partial charge in [0, 0.05) is 16.7 Å². The van der Waals surface area contributed by atoms with E-state index >= 15 is 0 Å². The average Bonchev–Trinajstić information content (AvgIpc) is 2.34. The molecule has 0 radical (unpaired) electrons. The maximum absolute atomic E-state index is 11.9. The highest BCUT2D eigenvalue weighted by Crippen LogP contribution is 2.25. The first-order valence-corrected chi connectivity index (χ1v) is 6.18. The molecule has 0 fully saturated rings. The molecule has 0 aliphatic heterocycles. The van der Waals surface area contributed by atoms with Gasteiger partial charge in [-0.25, -0.2) is 0 Å². The van der Waals surface area contributed by atoms with Gasteiger partial charge in [-0.1, -0.05) is 27.5 Å². The number of H-pyrrole nitrogens is 1. The molecule has 6 heteroatoms. The lowest BCUT2D eigenvalue weighted by Crippen LogP contribution is -2.14. The number of carbonyl (C=O) groups is 1. The zero-order chi connectivity index (χ0) is 13.1. The fourth-order valence-corrected chi connectivity index (χ4v) is 1.87. The molecule has 4 nitrogen and oxygen atoms in total. The fraction of sp³-hybridized carbons (Fsp3) is 0. The largest absolute Gasteiger partial charge is 0.328 e. The second-order valence-electron chi connectivity index (χ2n) is 3.52. The number of nitrogens with one attached hydrogen (secondary N) is 2. The normalized spacial score (nSPS) is 10.1. The summed E-state index contributed by atoms with van der Waals surface area (Å²) in [5, 5.41) is 3.10. The van der Waals surface area contributed by atoms with Crippen LogP contribution in [0.1, 0.15) is 10.4 Å². The minimum absolute atomic E-state index is 0.257. The molecular weight excluding hydrogens is 320 g/mol. The Kier molecular flexibility index (Phi) is 3.84. The molecule has 1 heterocycles. The Hall–Kier alpha value is -1.59. The zero-order valence-corrected chi connectivity index (χ0v) is 11.4. The summed E-state index contributed by atoms with van der Waals surface area (Å²) < 4.78 is 0.809. The summed E-state index contributed by atoms with van der Waals surface area (Å²) in [7, 11) is 0. The van der Waals surface area contributed by atoms with E-state index in [9.17, 15) is 9.59 Å². The van der Waals surface area contributed by atoms with E-state index in [1.54, 1.807) is 18.2 Å². The van der Waals surface area contributed by atoms with Crippen LogP contribution in [0.3, 0.4) is 0 Å². The van der Waals surface area contributed by atoms with Crippen LogP contribution in [0.5, 0.6) is 0 Å². The van der Waals surface area contributed by atoms with E-state index in [2.05, 4.69) is 26.2 Å². The van der Waals surface area contributed by atoms with Gasteiger partial charge >= 0.3 is 0 Å². The fourth-order valence-electron chi connectivity index (χ4n) is 1.34. The first kappa shape index (κ1) is 12.9. The topological polar surface area (TPSA) is 62.0 Å². The lowest BCUT2D eigenvalue weighted by Gasteiger charge is -2.07. The Balaban J connectivity index is 2.23.